The zero-order valence-corrected chi connectivity index (χ0v) is 9.02. The molecule has 0 radical (unpaired) electrons. The highest BCUT2D eigenvalue weighted by Gasteiger charge is 1.93. The van der Waals surface area contributed by atoms with Gasteiger partial charge in [-0.05, 0) is 24.8 Å². The van der Waals surface area contributed by atoms with Gasteiger partial charge in [0, 0.05) is 6.42 Å². The van der Waals surface area contributed by atoms with Gasteiger partial charge in [0.2, 0.25) is 0 Å². The van der Waals surface area contributed by atoms with Gasteiger partial charge in [0.25, 0.3) is 0 Å². The van der Waals surface area contributed by atoms with Crippen LogP contribution in [-0.4, -0.2) is 5.84 Å². The maximum Gasteiger partial charge on any atom is 0.0905 e. The molecule has 0 heterocycles. The maximum atomic E-state index is 7.06. The second-order valence-corrected chi connectivity index (χ2v) is 3.22. The van der Waals surface area contributed by atoms with Crippen molar-refractivity contribution in [3.63, 3.8) is 0 Å². The highest BCUT2D eigenvalue weighted by molar-refractivity contribution is 5.85. The third-order valence-corrected chi connectivity index (χ3v) is 2.00. The Kier molecular flexibility index (Phi) is 6.85. The van der Waals surface area contributed by atoms with Crippen molar-refractivity contribution in [1.29, 1.82) is 5.41 Å². The molecule has 1 aromatic rings. The number of amidine groups is 1. The number of unbranched alkanes of at least 4 members (excludes halogenated alkanes) is 1. The van der Waals surface area contributed by atoms with Crippen LogP contribution in [0.5, 0.6) is 0 Å². The van der Waals surface area contributed by atoms with Gasteiger partial charge in [-0.3, -0.25) is 5.41 Å². The Bertz CT molecular complexity index is 259. The van der Waals surface area contributed by atoms with Crippen LogP contribution >= 0.6 is 12.4 Å². The van der Waals surface area contributed by atoms with E-state index in [0.717, 1.165) is 25.7 Å². The van der Waals surface area contributed by atoms with E-state index in [1.54, 1.807) is 0 Å². The van der Waals surface area contributed by atoms with Crippen molar-refractivity contribution in [1.82, 2.24) is 0 Å². The van der Waals surface area contributed by atoms with Crippen LogP contribution in [0.4, 0.5) is 0 Å². The fourth-order valence-corrected chi connectivity index (χ4v) is 1.29. The molecule has 3 N–H and O–H groups in total. The summed E-state index contributed by atoms with van der Waals surface area (Å²) in [5, 5.41) is 7.06. The summed E-state index contributed by atoms with van der Waals surface area (Å²) >= 11 is 0. The van der Waals surface area contributed by atoms with E-state index in [9.17, 15) is 0 Å². The topological polar surface area (TPSA) is 49.9 Å². The molecule has 2 nitrogen and oxygen atoms in total. The van der Waals surface area contributed by atoms with Gasteiger partial charge < -0.3 is 5.73 Å². The second-order valence-electron chi connectivity index (χ2n) is 3.22. The zero-order valence-electron chi connectivity index (χ0n) is 8.20. The predicted octanol–water partition coefficient (Wildman–Crippen LogP) is 2.76. The normalized spacial score (nSPS) is 9.14. The number of aryl methyl sites for hydroxylation is 1. The quantitative estimate of drug-likeness (QED) is 0.440. The first-order valence-electron chi connectivity index (χ1n) is 4.66. The van der Waals surface area contributed by atoms with Crippen LogP contribution in [0.15, 0.2) is 30.3 Å². The van der Waals surface area contributed by atoms with Gasteiger partial charge >= 0.3 is 0 Å². The first-order valence-corrected chi connectivity index (χ1v) is 4.66. The SMILES string of the molecule is Cl.N=C(N)CCCCc1ccccc1. The summed E-state index contributed by atoms with van der Waals surface area (Å²) in [6.07, 6.45) is 3.95. The van der Waals surface area contributed by atoms with Crippen LogP contribution in [0.3, 0.4) is 0 Å². The third-order valence-electron chi connectivity index (χ3n) is 2.00. The van der Waals surface area contributed by atoms with E-state index in [4.69, 9.17) is 11.1 Å². The molecule has 14 heavy (non-hydrogen) atoms. The standard InChI is InChI=1S/C11H16N2.ClH/c12-11(13)9-5-4-8-10-6-2-1-3-7-10;/h1-3,6-7H,4-5,8-9H2,(H3,12,13);1H. The molecule has 0 spiro atoms. The summed E-state index contributed by atoms with van der Waals surface area (Å²) in [5.74, 6) is 0.299. The smallest absolute Gasteiger partial charge is 0.0905 e. The van der Waals surface area contributed by atoms with Crippen molar-refractivity contribution < 1.29 is 0 Å². The number of nitrogens with two attached hydrogens (primary N) is 1. The number of nitrogens with one attached hydrogen (secondary N) is 1. The molecule has 0 bridgehead atoms. The maximum absolute atomic E-state index is 7.06. The first kappa shape index (κ1) is 13.0. The first-order chi connectivity index (χ1) is 6.29. The third kappa shape index (κ3) is 5.60. The van der Waals surface area contributed by atoms with E-state index in [2.05, 4.69) is 24.3 Å². The minimum Gasteiger partial charge on any atom is -0.388 e. The second kappa shape index (κ2) is 7.39. The molecular weight excluding hydrogens is 196 g/mol. The summed E-state index contributed by atoms with van der Waals surface area (Å²) in [6, 6.07) is 10.4. The Balaban J connectivity index is 0.00000169. The monoisotopic (exact) mass is 212 g/mol. The molecule has 0 aliphatic heterocycles. The van der Waals surface area contributed by atoms with E-state index < -0.39 is 0 Å². The Morgan fingerprint density at radius 3 is 2.36 bits per heavy atom. The van der Waals surface area contributed by atoms with Crippen molar-refractivity contribution in [3.05, 3.63) is 35.9 Å². The van der Waals surface area contributed by atoms with E-state index in [1.807, 2.05) is 6.07 Å². The summed E-state index contributed by atoms with van der Waals surface area (Å²) in [5.41, 5.74) is 6.62. The van der Waals surface area contributed by atoms with Gasteiger partial charge in [0.1, 0.15) is 0 Å². The molecule has 0 atom stereocenters. The lowest BCUT2D eigenvalue weighted by Gasteiger charge is -2.00. The fourth-order valence-electron chi connectivity index (χ4n) is 1.29. The number of hydrogen-bond acceptors (Lipinski definition) is 1. The van der Waals surface area contributed by atoms with Crippen molar-refractivity contribution >= 4 is 18.2 Å². The minimum atomic E-state index is 0. The average Bonchev–Trinajstić information content (AvgIpc) is 2.14. The number of hydrogen-bond donors (Lipinski definition) is 2. The Hall–Kier alpha value is -1.02. The number of halogens is 1. The van der Waals surface area contributed by atoms with Crippen molar-refractivity contribution in [3.8, 4) is 0 Å². The molecule has 78 valence electrons. The fraction of sp³-hybridized carbons (Fsp3) is 0.364. The Labute approximate surface area is 91.4 Å². The van der Waals surface area contributed by atoms with Crippen molar-refractivity contribution in [2.24, 2.45) is 5.73 Å². The van der Waals surface area contributed by atoms with Gasteiger partial charge in [-0.2, -0.15) is 0 Å². The largest absolute Gasteiger partial charge is 0.388 e. The molecule has 0 saturated heterocycles. The minimum absolute atomic E-state index is 0. The van der Waals surface area contributed by atoms with Gasteiger partial charge in [0.05, 0.1) is 5.84 Å². The zero-order chi connectivity index (χ0) is 9.52. The van der Waals surface area contributed by atoms with Gasteiger partial charge in [-0.1, -0.05) is 30.3 Å². The van der Waals surface area contributed by atoms with E-state index in [-0.39, 0.29) is 12.4 Å². The molecular formula is C11H17ClN2. The summed E-state index contributed by atoms with van der Waals surface area (Å²) in [4.78, 5) is 0. The highest BCUT2D eigenvalue weighted by atomic mass is 35.5. The van der Waals surface area contributed by atoms with E-state index in [1.165, 1.54) is 5.56 Å². The lowest BCUT2D eigenvalue weighted by molar-refractivity contribution is 0.758. The van der Waals surface area contributed by atoms with Crippen LogP contribution < -0.4 is 5.73 Å². The summed E-state index contributed by atoms with van der Waals surface area (Å²) in [6.45, 7) is 0. The van der Waals surface area contributed by atoms with Crippen LogP contribution in [0, 0.1) is 5.41 Å². The number of benzene rings is 1. The van der Waals surface area contributed by atoms with Crippen molar-refractivity contribution in [2.75, 3.05) is 0 Å². The highest BCUT2D eigenvalue weighted by Crippen LogP contribution is 2.05. The van der Waals surface area contributed by atoms with Gasteiger partial charge in [-0.25, -0.2) is 0 Å². The average molecular weight is 213 g/mol. The molecule has 1 rings (SSSR count). The molecule has 1 aromatic carbocycles. The molecule has 0 aromatic heterocycles. The lowest BCUT2D eigenvalue weighted by atomic mass is 10.1. The molecule has 0 amide bonds. The van der Waals surface area contributed by atoms with Crippen LogP contribution in [-0.2, 0) is 6.42 Å². The summed E-state index contributed by atoms with van der Waals surface area (Å²) < 4.78 is 0. The van der Waals surface area contributed by atoms with Crippen LogP contribution in [0.1, 0.15) is 24.8 Å². The van der Waals surface area contributed by atoms with Gasteiger partial charge in [0.15, 0.2) is 0 Å². The van der Waals surface area contributed by atoms with Crippen LogP contribution in [0.25, 0.3) is 0 Å². The number of rotatable bonds is 5. The lowest BCUT2D eigenvalue weighted by Crippen LogP contribution is -2.08. The molecule has 0 aliphatic rings. The summed E-state index contributed by atoms with van der Waals surface area (Å²) in [7, 11) is 0. The van der Waals surface area contributed by atoms with Crippen LogP contribution in [0.2, 0.25) is 0 Å². The molecule has 0 fully saturated rings. The Morgan fingerprint density at radius 1 is 1.14 bits per heavy atom. The van der Waals surface area contributed by atoms with E-state index >= 15 is 0 Å². The molecule has 0 unspecified atom stereocenters. The molecule has 3 heteroatoms. The van der Waals surface area contributed by atoms with Gasteiger partial charge in [-0.15, -0.1) is 12.4 Å². The predicted molar refractivity (Wildman–Crippen MR) is 63.2 cm³/mol. The van der Waals surface area contributed by atoms with Crippen molar-refractivity contribution in [2.45, 2.75) is 25.7 Å². The Morgan fingerprint density at radius 2 is 1.79 bits per heavy atom. The molecule has 0 saturated carbocycles. The van der Waals surface area contributed by atoms with E-state index in [0.29, 0.717) is 5.84 Å². The molecule has 0 aliphatic carbocycles.